The van der Waals surface area contributed by atoms with E-state index in [1.54, 1.807) is 0 Å². The third kappa shape index (κ3) is 36.6. The Balaban J connectivity index is 4.26. The van der Waals surface area contributed by atoms with Crippen molar-refractivity contribution in [3.05, 3.63) is 24.3 Å². The van der Waals surface area contributed by atoms with Gasteiger partial charge in [0.25, 0.3) is 0 Å². The molecule has 3 atom stereocenters. The van der Waals surface area contributed by atoms with Crippen molar-refractivity contribution in [1.29, 1.82) is 0 Å². The van der Waals surface area contributed by atoms with E-state index >= 15 is 0 Å². The largest absolute Gasteiger partial charge is 0.472 e. The molecule has 0 saturated carbocycles. The molecular formula is C40H75O10P. The molecule has 0 saturated heterocycles. The van der Waals surface area contributed by atoms with E-state index in [2.05, 4.69) is 42.7 Å². The van der Waals surface area contributed by atoms with Gasteiger partial charge < -0.3 is 24.6 Å². The molecule has 0 bridgehead atoms. The highest BCUT2D eigenvalue weighted by molar-refractivity contribution is 7.47. The average molecular weight is 747 g/mol. The van der Waals surface area contributed by atoms with Crippen LogP contribution in [0, 0.1) is 0 Å². The van der Waals surface area contributed by atoms with E-state index in [4.69, 9.17) is 19.1 Å². The molecule has 11 heteroatoms. The lowest BCUT2D eigenvalue weighted by atomic mass is 10.1. The number of esters is 2. The summed E-state index contributed by atoms with van der Waals surface area (Å²) in [6, 6.07) is 0. The Morgan fingerprint density at radius 2 is 1.02 bits per heavy atom. The van der Waals surface area contributed by atoms with Crippen LogP contribution in [0.3, 0.4) is 0 Å². The molecule has 0 fully saturated rings. The predicted molar refractivity (Wildman–Crippen MR) is 205 cm³/mol. The first-order valence-corrected chi connectivity index (χ1v) is 21.8. The van der Waals surface area contributed by atoms with E-state index in [0.29, 0.717) is 12.8 Å². The van der Waals surface area contributed by atoms with Crippen LogP contribution in [-0.4, -0.2) is 65.7 Å². The summed E-state index contributed by atoms with van der Waals surface area (Å²) in [6.07, 6.45) is 34.4. The zero-order chi connectivity index (χ0) is 37.7. The third-order valence-corrected chi connectivity index (χ3v) is 9.56. The molecule has 0 aliphatic carbocycles. The number of aliphatic hydroxyl groups is 2. The van der Waals surface area contributed by atoms with Crippen LogP contribution in [0.2, 0.25) is 0 Å². The molecule has 3 N–H and O–H groups in total. The average Bonchev–Trinajstić information content (AvgIpc) is 3.12. The topological polar surface area (TPSA) is 149 Å². The number of allylic oxidation sites excluding steroid dienone is 4. The number of aliphatic hydroxyl groups excluding tert-OH is 2. The SMILES string of the molecule is CCCCC/C=C\C/C=C\CCCCCCCCCCCC(=O)OC(COC(=O)CCCCCCCCCCC)COP(=O)(O)OCC(O)CO. The number of phosphoric acid groups is 1. The first-order chi connectivity index (χ1) is 24.7. The Morgan fingerprint density at radius 3 is 1.55 bits per heavy atom. The highest BCUT2D eigenvalue weighted by Crippen LogP contribution is 2.43. The second-order valence-electron chi connectivity index (χ2n) is 13.7. The van der Waals surface area contributed by atoms with Crippen LogP contribution in [0.25, 0.3) is 0 Å². The smallest absolute Gasteiger partial charge is 0.462 e. The molecule has 51 heavy (non-hydrogen) atoms. The molecule has 0 aliphatic heterocycles. The standard InChI is InChI=1S/C40H75O10P/c1-3-5-7-9-11-13-14-15-16-17-18-19-20-21-22-24-26-28-30-32-40(44)50-38(36-49-51(45,46)48-34-37(42)33-41)35-47-39(43)31-29-27-25-23-12-10-8-6-4-2/h11,13,15-16,37-38,41-42H,3-10,12,14,17-36H2,1-2H3,(H,45,46)/b13-11-,16-15-. The maximum Gasteiger partial charge on any atom is 0.472 e. The van der Waals surface area contributed by atoms with Crippen LogP contribution in [-0.2, 0) is 32.7 Å². The van der Waals surface area contributed by atoms with E-state index in [0.717, 1.165) is 51.4 Å². The lowest BCUT2D eigenvalue weighted by molar-refractivity contribution is -0.161. The minimum absolute atomic E-state index is 0.182. The molecule has 3 unspecified atom stereocenters. The lowest BCUT2D eigenvalue weighted by Gasteiger charge is -2.20. The summed E-state index contributed by atoms with van der Waals surface area (Å²) in [5.74, 6) is -0.929. The molecule has 0 aliphatic rings. The van der Waals surface area contributed by atoms with Crippen LogP contribution in [0.15, 0.2) is 24.3 Å². The number of unbranched alkanes of at least 4 members (excludes halogenated alkanes) is 20. The molecule has 0 spiro atoms. The van der Waals surface area contributed by atoms with E-state index in [9.17, 15) is 24.2 Å². The predicted octanol–water partition coefficient (Wildman–Crippen LogP) is 10.2. The molecule has 0 radical (unpaired) electrons. The molecule has 0 aromatic rings. The molecule has 0 amide bonds. The van der Waals surface area contributed by atoms with Crippen molar-refractivity contribution in [2.75, 3.05) is 26.4 Å². The van der Waals surface area contributed by atoms with Gasteiger partial charge in [-0.1, -0.05) is 147 Å². The van der Waals surface area contributed by atoms with E-state index in [1.807, 2.05) is 0 Å². The Labute approximate surface area is 310 Å². The van der Waals surface area contributed by atoms with Gasteiger partial charge in [-0.3, -0.25) is 18.6 Å². The number of phosphoric ester groups is 1. The van der Waals surface area contributed by atoms with Crippen molar-refractivity contribution in [3.63, 3.8) is 0 Å². The van der Waals surface area contributed by atoms with Crippen molar-refractivity contribution in [1.82, 2.24) is 0 Å². The van der Waals surface area contributed by atoms with Gasteiger partial charge in [0, 0.05) is 12.8 Å². The van der Waals surface area contributed by atoms with Crippen LogP contribution in [0.5, 0.6) is 0 Å². The van der Waals surface area contributed by atoms with Crippen molar-refractivity contribution in [3.8, 4) is 0 Å². The maximum absolute atomic E-state index is 12.6. The molecule has 0 rings (SSSR count). The molecule has 0 aromatic carbocycles. The van der Waals surface area contributed by atoms with Gasteiger partial charge in [-0.25, -0.2) is 4.57 Å². The summed E-state index contributed by atoms with van der Waals surface area (Å²) in [5, 5.41) is 18.3. The van der Waals surface area contributed by atoms with Gasteiger partial charge in [-0.05, 0) is 44.9 Å². The zero-order valence-corrected chi connectivity index (χ0v) is 33.2. The fourth-order valence-corrected chi connectivity index (χ4v) is 6.22. The van der Waals surface area contributed by atoms with Crippen molar-refractivity contribution in [2.45, 2.75) is 193 Å². The number of rotatable bonds is 38. The Kier molecular flexibility index (Phi) is 35.7. The second kappa shape index (κ2) is 36.8. The number of carbonyl (C=O) groups is 2. The van der Waals surface area contributed by atoms with Gasteiger partial charge in [0.05, 0.1) is 19.8 Å². The molecule has 300 valence electrons. The van der Waals surface area contributed by atoms with E-state index in [-0.39, 0.29) is 19.4 Å². The molecule has 0 heterocycles. The first kappa shape index (κ1) is 49.5. The van der Waals surface area contributed by atoms with Crippen LogP contribution in [0.1, 0.15) is 181 Å². The van der Waals surface area contributed by atoms with Crippen LogP contribution in [0.4, 0.5) is 0 Å². The summed E-state index contributed by atoms with van der Waals surface area (Å²) in [7, 11) is -4.61. The normalized spacial score (nSPS) is 14.2. The molecular weight excluding hydrogens is 671 g/mol. The summed E-state index contributed by atoms with van der Waals surface area (Å²) in [6.45, 7) is 2.32. The summed E-state index contributed by atoms with van der Waals surface area (Å²) >= 11 is 0. The monoisotopic (exact) mass is 747 g/mol. The summed E-state index contributed by atoms with van der Waals surface area (Å²) in [5.41, 5.74) is 0. The van der Waals surface area contributed by atoms with Gasteiger partial charge in [0.2, 0.25) is 0 Å². The van der Waals surface area contributed by atoms with E-state index in [1.165, 1.54) is 89.9 Å². The van der Waals surface area contributed by atoms with Gasteiger partial charge in [-0.15, -0.1) is 0 Å². The fourth-order valence-electron chi connectivity index (χ4n) is 5.43. The van der Waals surface area contributed by atoms with Crippen LogP contribution < -0.4 is 0 Å². The fraction of sp³-hybridized carbons (Fsp3) is 0.850. The van der Waals surface area contributed by atoms with E-state index < -0.39 is 51.8 Å². The first-order valence-electron chi connectivity index (χ1n) is 20.3. The number of hydrogen-bond donors (Lipinski definition) is 3. The molecule has 0 aromatic heterocycles. The minimum Gasteiger partial charge on any atom is -0.462 e. The van der Waals surface area contributed by atoms with Crippen molar-refractivity contribution >= 4 is 19.8 Å². The van der Waals surface area contributed by atoms with Crippen LogP contribution >= 0.6 is 7.82 Å². The molecule has 10 nitrogen and oxygen atoms in total. The number of ether oxygens (including phenoxy) is 2. The lowest BCUT2D eigenvalue weighted by Crippen LogP contribution is -2.29. The quantitative estimate of drug-likeness (QED) is 0.0241. The van der Waals surface area contributed by atoms with Gasteiger partial charge in [0.15, 0.2) is 6.10 Å². The van der Waals surface area contributed by atoms with Crippen molar-refractivity contribution in [2.24, 2.45) is 0 Å². The third-order valence-electron chi connectivity index (χ3n) is 8.61. The highest BCUT2D eigenvalue weighted by Gasteiger charge is 2.27. The zero-order valence-electron chi connectivity index (χ0n) is 32.3. The van der Waals surface area contributed by atoms with Crippen molar-refractivity contribution < 1.29 is 47.8 Å². The Morgan fingerprint density at radius 1 is 0.588 bits per heavy atom. The Hall–Kier alpha value is -1.55. The maximum atomic E-state index is 12.6. The minimum atomic E-state index is -4.61. The van der Waals surface area contributed by atoms with Gasteiger partial charge in [0.1, 0.15) is 12.7 Å². The Bertz CT molecular complexity index is 910. The summed E-state index contributed by atoms with van der Waals surface area (Å²) < 4.78 is 32.6. The number of carbonyl (C=O) groups excluding carboxylic acids is 2. The van der Waals surface area contributed by atoms with Gasteiger partial charge >= 0.3 is 19.8 Å². The highest BCUT2D eigenvalue weighted by atomic mass is 31.2. The number of hydrogen-bond acceptors (Lipinski definition) is 9. The summed E-state index contributed by atoms with van der Waals surface area (Å²) in [4.78, 5) is 34.8. The van der Waals surface area contributed by atoms with Gasteiger partial charge in [-0.2, -0.15) is 0 Å². The second-order valence-corrected chi connectivity index (χ2v) is 15.1.